The average Bonchev–Trinajstić information content (AvgIpc) is 3.09. The summed E-state index contributed by atoms with van der Waals surface area (Å²) in [6.07, 6.45) is 0. The Morgan fingerprint density at radius 1 is 1.27 bits per heavy atom. The van der Waals surface area contributed by atoms with Crippen molar-refractivity contribution in [2.24, 2.45) is 0 Å². The molecule has 11 heteroatoms. The number of nitrogens with two attached hydrogens (primary N) is 1. The van der Waals surface area contributed by atoms with Gasteiger partial charge in [-0.2, -0.15) is 4.72 Å². The van der Waals surface area contributed by atoms with Crippen molar-refractivity contribution >= 4 is 27.3 Å². The number of aromatic nitrogens is 2. The predicted molar refractivity (Wildman–Crippen MR) is 110 cm³/mol. The Kier molecular flexibility index (Phi) is 6.02. The zero-order chi connectivity index (χ0) is 22.2. The lowest BCUT2D eigenvalue weighted by Gasteiger charge is -2.25. The van der Waals surface area contributed by atoms with Gasteiger partial charge in [0.2, 0.25) is 15.9 Å². The van der Waals surface area contributed by atoms with Crippen LogP contribution in [0.15, 0.2) is 44.4 Å². The molecule has 2 aromatic carbocycles. The third kappa shape index (κ3) is 4.25. The van der Waals surface area contributed by atoms with E-state index >= 15 is 0 Å². The van der Waals surface area contributed by atoms with Crippen LogP contribution in [0.3, 0.4) is 0 Å². The molecule has 0 fully saturated rings. The quantitative estimate of drug-likeness (QED) is 0.490. The van der Waals surface area contributed by atoms with E-state index in [2.05, 4.69) is 14.9 Å². The summed E-state index contributed by atoms with van der Waals surface area (Å²) < 4.78 is 48.2. The van der Waals surface area contributed by atoms with Crippen LogP contribution in [0.4, 0.5) is 10.1 Å². The highest BCUT2D eigenvalue weighted by Crippen LogP contribution is 2.35. The monoisotopic (exact) mass is 454 g/mol. The van der Waals surface area contributed by atoms with Crippen molar-refractivity contribution in [3.63, 3.8) is 0 Å². The van der Waals surface area contributed by atoms with Gasteiger partial charge in [-0.3, -0.25) is 0 Å². The van der Waals surface area contributed by atoms with Gasteiger partial charge in [0.05, 0.1) is 5.69 Å². The van der Waals surface area contributed by atoms with Crippen molar-refractivity contribution in [3.05, 3.63) is 74.3 Å². The molecule has 0 aliphatic carbocycles. The van der Waals surface area contributed by atoms with Gasteiger partial charge in [0.25, 0.3) is 0 Å². The van der Waals surface area contributed by atoms with Gasteiger partial charge in [-0.1, -0.05) is 24.6 Å². The van der Waals surface area contributed by atoms with Crippen molar-refractivity contribution in [1.82, 2.24) is 14.9 Å². The zero-order valence-electron chi connectivity index (χ0n) is 16.4. The fraction of sp³-hybridized carbons (Fsp3) is 0.263. The second-order valence-corrected chi connectivity index (χ2v) is 9.04. The molecule has 3 rings (SSSR count). The average molecular weight is 455 g/mol. The summed E-state index contributed by atoms with van der Waals surface area (Å²) in [5.74, 6) is -2.39. The number of anilines is 1. The van der Waals surface area contributed by atoms with Crippen LogP contribution in [0.5, 0.6) is 0 Å². The highest BCUT2D eigenvalue weighted by molar-refractivity contribution is 7.89. The summed E-state index contributed by atoms with van der Waals surface area (Å²) in [5, 5.41) is 6.12. The molecule has 0 saturated carbocycles. The Bertz CT molecular complexity index is 1260. The van der Waals surface area contributed by atoms with Crippen LogP contribution < -0.4 is 16.2 Å². The molecule has 3 aromatic rings. The summed E-state index contributed by atoms with van der Waals surface area (Å²) in [4.78, 5) is 11.3. The largest absolute Gasteiger partial charge is 0.434 e. The number of rotatable bonds is 6. The number of H-pyrrole nitrogens is 1. The van der Waals surface area contributed by atoms with Crippen molar-refractivity contribution in [2.75, 3.05) is 5.73 Å². The smallest absolute Gasteiger partial charge is 0.398 e. The van der Waals surface area contributed by atoms with Gasteiger partial charge in [0, 0.05) is 10.9 Å². The van der Waals surface area contributed by atoms with Crippen LogP contribution in [0.1, 0.15) is 41.5 Å². The van der Waals surface area contributed by atoms with Crippen molar-refractivity contribution in [3.8, 4) is 0 Å². The SMILES string of the molecule is Cc1ccc(F)c([C@@H](C)[C@H](NS(=O)(=O)c2ccc(Cl)cc2N)c2n[nH]c(=O)o2)c1C. The molecule has 0 bridgehead atoms. The molecule has 1 aromatic heterocycles. The molecular weight excluding hydrogens is 435 g/mol. The molecule has 2 atom stereocenters. The molecule has 0 aliphatic rings. The van der Waals surface area contributed by atoms with Gasteiger partial charge in [-0.25, -0.2) is 22.7 Å². The molecule has 0 aliphatic heterocycles. The maximum absolute atomic E-state index is 14.7. The molecule has 0 unspecified atom stereocenters. The van der Waals surface area contributed by atoms with Crippen LogP contribution >= 0.6 is 11.6 Å². The number of nitrogens with one attached hydrogen (secondary N) is 2. The van der Waals surface area contributed by atoms with E-state index in [1.54, 1.807) is 19.9 Å². The zero-order valence-corrected chi connectivity index (χ0v) is 17.9. The van der Waals surface area contributed by atoms with Crippen molar-refractivity contribution in [1.29, 1.82) is 0 Å². The first-order chi connectivity index (χ1) is 14.0. The Morgan fingerprint density at radius 3 is 2.57 bits per heavy atom. The maximum atomic E-state index is 14.7. The fourth-order valence-electron chi connectivity index (χ4n) is 3.27. The van der Waals surface area contributed by atoms with Gasteiger partial charge in [0.1, 0.15) is 16.8 Å². The van der Waals surface area contributed by atoms with E-state index in [9.17, 15) is 17.6 Å². The molecule has 160 valence electrons. The Morgan fingerprint density at radius 2 is 1.97 bits per heavy atom. The van der Waals surface area contributed by atoms with E-state index in [0.29, 0.717) is 5.56 Å². The van der Waals surface area contributed by atoms with Crippen LogP contribution in [-0.4, -0.2) is 18.6 Å². The summed E-state index contributed by atoms with van der Waals surface area (Å²) >= 11 is 5.85. The Hall–Kier alpha value is -2.69. The number of nitrogens with zero attached hydrogens (tertiary/aromatic N) is 1. The lowest BCUT2D eigenvalue weighted by molar-refractivity contribution is 0.377. The highest BCUT2D eigenvalue weighted by Gasteiger charge is 2.34. The summed E-state index contributed by atoms with van der Waals surface area (Å²) in [6.45, 7) is 5.15. The van der Waals surface area contributed by atoms with Gasteiger partial charge >= 0.3 is 5.76 Å². The minimum atomic E-state index is -4.21. The molecule has 0 saturated heterocycles. The number of hydrogen-bond donors (Lipinski definition) is 3. The molecule has 0 radical (unpaired) electrons. The number of sulfonamides is 1. The Balaban J connectivity index is 2.11. The van der Waals surface area contributed by atoms with E-state index in [1.807, 2.05) is 6.92 Å². The second-order valence-electron chi connectivity index (χ2n) is 6.92. The highest BCUT2D eigenvalue weighted by atomic mass is 35.5. The van der Waals surface area contributed by atoms with Gasteiger partial charge < -0.3 is 10.2 Å². The van der Waals surface area contributed by atoms with Gasteiger partial charge in [-0.15, -0.1) is 5.10 Å². The number of hydrogen-bond acceptors (Lipinski definition) is 6. The predicted octanol–water partition coefficient (Wildman–Crippen LogP) is 3.18. The van der Waals surface area contributed by atoms with E-state index < -0.39 is 33.6 Å². The van der Waals surface area contributed by atoms with Crippen LogP contribution in [0, 0.1) is 19.7 Å². The number of benzene rings is 2. The molecule has 0 amide bonds. The number of aryl methyl sites for hydroxylation is 1. The van der Waals surface area contributed by atoms with Crippen molar-refractivity contribution < 1.29 is 17.2 Å². The third-order valence-corrected chi connectivity index (χ3v) is 6.70. The lowest BCUT2D eigenvalue weighted by Crippen LogP contribution is -2.33. The van der Waals surface area contributed by atoms with E-state index in [4.69, 9.17) is 21.8 Å². The number of aromatic amines is 1. The minimum absolute atomic E-state index is 0.0669. The van der Waals surface area contributed by atoms with E-state index in [0.717, 1.165) is 5.56 Å². The Labute approximate surface area is 177 Å². The summed E-state index contributed by atoms with van der Waals surface area (Å²) in [7, 11) is -4.21. The summed E-state index contributed by atoms with van der Waals surface area (Å²) in [6, 6.07) is 5.67. The van der Waals surface area contributed by atoms with E-state index in [1.165, 1.54) is 24.3 Å². The fourth-order valence-corrected chi connectivity index (χ4v) is 4.83. The van der Waals surface area contributed by atoms with Crippen LogP contribution in [-0.2, 0) is 10.0 Å². The van der Waals surface area contributed by atoms with E-state index in [-0.39, 0.29) is 27.1 Å². The lowest BCUT2D eigenvalue weighted by atomic mass is 9.88. The van der Waals surface area contributed by atoms with Crippen LogP contribution in [0.2, 0.25) is 5.02 Å². The number of halogens is 2. The normalized spacial score (nSPS) is 13.9. The topological polar surface area (TPSA) is 131 Å². The van der Waals surface area contributed by atoms with Crippen LogP contribution in [0.25, 0.3) is 0 Å². The first-order valence-corrected chi connectivity index (χ1v) is 10.8. The first kappa shape index (κ1) is 22.0. The molecular formula is C19H20ClFN4O4S. The molecule has 1 heterocycles. The number of nitrogen functional groups attached to an aromatic ring is 1. The molecule has 4 N–H and O–H groups in total. The molecule has 30 heavy (non-hydrogen) atoms. The third-order valence-electron chi connectivity index (χ3n) is 4.95. The summed E-state index contributed by atoms with van der Waals surface area (Å²) in [5.41, 5.74) is 7.50. The van der Waals surface area contributed by atoms with Gasteiger partial charge in [-0.05, 0) is 54.8 Å². The van der Waals surface area contributed by atoms with Gasteiger partial charge in [0.15, 0.2) is 0 Å². The minimum Gasteiger partial charge on any atom is -0.398 e. The maximum Gasteiger partial charge on any atom is 0.434 e. The first-order valence-electron chi connectivity index (χ1n) is 8.89. The molecule has 8 nitrogen and oxygen atoms in total. The standard InChI is InChI=1S/C19H20ClFN4O4S/c1-9-4-6-13(21)16(10(9)2)11(3)17(18-23-24-19(26)29-18)25-30(27,28)15-7-5-12(20)8-14(15)22/h4-8,11,17,25H,22H2,1-3H3,(H,24,26)/t11-,17+/m1/s1. The second kappa shape index (κ2) is 8.21. The molecule has 0 spiro atoms. The van der Waals surface area contributed by atoms with Crippen molar-refractivity contribution in [2.45, 2.75) is 37.6 Å².